The maximum Gasteiger partial charge on any atom is 0.337 e. The molecule has 31 heavy (non-hydrogen) atoms. The van der Waals surface area contributed by atoms with Crippen molar-refractivity contribution in [2.45, 2.75) is 25.7 Å². The van der Waals surface area contributed by atoms with Crippen molar-refractivity contribution in [3.63, 3.8) is 0 Å². The molecule has 0 saturated heterocycles. The van der Waals surface area contributed by atoms with Crippen molar-refractivity contribution in [1.82, 2.24) is 4.90 Å². The molecule has 0 bridgehead atoms. The van der Waals surface area contributed by atoms with Gasteiger partial charge < -0.3 is 10.1 Å². The zero-order valence-corrected chi connectivity index (χ0v) is 17.3. The van der Waals surface area contributed by atoms with E-state index in [0.717, 1.165) is 19.3 Å². The summed E-state index contributed by atoms with van der Waals surface area (Å²) in [5.74, 6) is -1.53. The normalized spacial score (nSPS) is 20.4. The number of amides is 3. The molecule has 7 nitrogen and oxygen atoms in total. The first-order chi connectivity index (χ1) is 15.0. The smallest absolute Gasteiger partial charge is 0.337 e. The minimum absolute atomic E-state index is 0.0923. The molecule has 2 atom stereocenters. The van der Waals surface area contributed by atoms with E-state index < -0.39 is 5.97 Å². The number of carbonyl (C=O) groups excluding carboxylic acids is 4. The van der Waals surface area contributed by atoms with Gasteiger partial charge in [-0.2, -0.15) is 0 Å². The quantitative estimate of drug-likeness (QED) is 0.590. The Hall–Kier alpha value is -3.48. The summed E-state index contributed by atoms with van der Waals surface area (Å²) in [4.78, 5) is 51.3. The number of nitrogens with one attached hydrogen (secondary N) is 1. The summed E-state index contributed by atoms with van der Waals surface area (Å²) >= 11 is 0. The molecule has 7 heteroatoms. The molecule has 3 amide bonds. The fourth-order valence-corrected chi connectivity index (χ4v) is 4.45. The first-order valence-corrected chi connectivity index (χ1v) is 10.4. The van der Waals surface area contributed by atoms with Gasteiger partial charge >= 0.3 is 5.97 Å². The molecule has 2 aliphatic rings. The van der Waals surface area contributed by atoms with Crippen LogP contribution in [0.25, 0.3) is 0 Å². The van der Waals surface area contributed by atoms with Crippen LogP contribution in [0.4, 0.5) is 5.69 Å². The lowest BCUT2D eigenvalue weighted by Gasteiger charge is -2.32. The van der Waals surface area contributed by atoms with Crippen LogP contribution >= 0.6 is 0 Å². The van der Waals surface area contributed by atoms with Gasteiger partial charge in [0.1, 0.15) is 0 Å². The van der Waals surface area contributed by atoms with Crippen LogP contribution < -0.4 is 5.32 Å². The van der Waals surface area contributed by atoms with Crippen LogP contribution in [0.1, 0.15) is 56.8 Å². The number of esters is 1. The van der Waals surface area contributed by atoms with Crippen molar-refractivity contribution >= 4 is 29.4 Å². The first kappa shape index (κ1) is 20.8. The summed E-state index contributed by atoms with van der Waals surface area (Å²) in [6.07, 6.45) is 3.39. The highest BCUT2D eigenvalue weighted by Gasteiger charge is 2.40. The molecular weight excluding hydrogens is 396 g/mol. The van der Waals surface area contributed by atoms with Crippen molar-refractivity contribution in [3.8, 4) is 0 Å². The molecule has 1 heterocycles. The minimum Gasteiger partial charge on any atom is -0.465 e. The van der Waals surface area contributed by atoms with Crippen molar-refractivity contribution in [2.24, 2.45) is 11.8 Å². The average molecular weight is 420 g/mol. The fraction of sp³-hybridized carbons (Fsp3) is 0.333. The third kappa shape index (κ3) is 4.08. The van der Waals surface area contributed by atoms with Crippen LogP contribution in [0.3, 0.4) is 0 Å². The van der Waals surface area contributed by atoms with E-state index in [-0.39, 0.29) is 36.1 Å². The number of hydrogen-bond acceptors (Lipinski definition) is 5. The molecule has 0 radical (unpaired) electrons. The predicted octanol–water partition coefficient (Wildman–Crippen LogP) is 3.51. The minimum atomic E-state index is -0.439. The summed E-state index contributed by atoms with van der Waals surface area (Å²) < 4.78 is 4.68. The number of fused-ring (bicyclic) bond motifs is 1. The van der Waals surface area contributed by atoms with Gasteiger partial charge in [0.05, 0.1) is 23.8 Å². The van der Waals surface area contributed by atoms with E-state index in [2.05, 4.69) is 10.1 Å². The molecule has 2 aromatic rings. The van der Waals surface area contributed by atoms with Crippen molar-refractivity contribution in [1.29, 1.82) is 0 Å². The van der Waals surface area contributed by atoms with Crippen LogP contribution in [0.5, 0.6) is 0 Å². The standard InChI is InChI=1S/C24H24N2O5/c1-31-24(30)15-10-12-17(13-11-15)25-21(27)18-7-3-2-6-16(18)14-26-22(28)19-8-4-5-9-20(19)23(26)29/h4-5,8-13,16,18H,2-3,6-7,14H2,1H3,(H,25,27). The zero-order valence-electron chi connectivity index (χ0n) is 17.3. The number of hydrogen-bond donors (Lipinski definition) is 1. The van der Waals surface area contributed by atoms with Gasteiger partial charge in [-0.15, -0.1) is 0 Å². The van der Waals surface area contributed by atoms with Crippen molar-refractivity contribution in [2.75, 3.05) is 19.0 Å². The Bertz CT molecular complexity index is 996. The Morgan fingerprint density at radius 2 is 1.58 bits per heavy atom. The average Bonchev–Trinajstić information content (AvgIpc) is 3.04. The molecule has 1 N–H and O–H groups in total. The topological polar surface area (TPSA) is 92.8 Å². The number of nitrogens with zero attached hydrogens (tertiary/aromatic N) is 1. The lowest BCUT2D eigenvalue weighted by atomic mass is 9.78. The Morgan fingerprint density at radius 1 is 0.968 bits per heavy atom. The van der Waals surface area contributed by atoms with Crippen LogP contribution in [-0.2, 0) is 9.53 Å². The van der Waals surface area contributed by atoms with Crippen LogP contribution in [-0.4, -0.2) is 42.2 Å². The molecule has 160 valence electrons. The summed E-state index contributed by atoms with van der Waals surface area (Å²) in [6.45, 7) is 0.242. The second-order valence-electron chi connectivity index (χ2n) is 7.98. The number of methoxy groups -OCH3 is 1. The third-order valence-electron chi connectivity index (χ3n) is 6.11. The van der Waals surface area contributed by atoms with Crippen LogP contribution in [0.15, 0.2) is 48.5 Å². The van der Waals surface area contributed by atoms with E-state index in [4.69, 9.17) is 0 Å². The molecule has 0 spiro atoms. The van der Waals surface area contributed by atoms with Crippen LogP contribution in [0, 0.1) is 11.8 Å². The largest absolute Gasteiger partial charge is 0.465 e. The maximum atomic E-state index is 13.0. The van der Waals surface area contributed by atoms with E-state index in [9.17, 15) is 19.2 Å². The monoisotopic (exact) mass is 420 g/mol. The van der Waals surface area contributed by atoms with Gasteiger partial charge in [0.25, 0.3) is 11.8 Å². The SMILES string of the molecule is COC(=O)c1ccc(NC(=O)C2CCCCC2CN2C(=O)c3ccccc3C2=O)cc1. The Morgan fingerprint density at radius 3 is 2.19 bits per heavy atom. The van der Waals surface area contributed by atoms with Gasteiger partial charge in [-0.1, -0.05) is 25.0 Å². The fourth-order valence-electron chi connectivity index (χ4n) is 4.45. The zero-order chi connectivity index (χ0) is 22.0. The van der Waals surface area contributed by atoms with Gasteiger partial charge in [-0.05, 0) is 55.2 Å². The highest BCUT2D eigenvalue weighted by atomic mass is 16.5. The summed E-state index contributed by atoms with van der Waals surface area (Å²) in [6, 6.07) is 13.3. The summed E-state index contributed by atoms with van der Waals surface area (Å²) in [5, 5.41) is 2.91. The Labute approximate surface area is 180 Å². The first-order valence-electron chi connectivity index (χ1n) is 10.4. The molecule has 1 saturated carbocycles. The van der Waals surface area contributed by atoms with E-state index in [1.54, 1.807) is 48.5 Å². The second kappa shape index (κ2) is 8.71. The van der Waals surface area contributed by atoms with Gasteiger partial charge in [0.2, 0.25) is 5.91 Å². The van der Waals surface area contributed by atoms with Gasteiger partial charge in [-0.3, -0.25) is 19.3 Å². The van der Waals surface area contributed by atoms with Crippen molar-refractivity contribution in [3.05, 3.63) is 65.2 Å². The molecule has 0 aromatic heterocycles. The van der Waals surface area contributed by atoms with Crippen LogP contribution in [0.2, 0.25) is 0 Å². The Balaban J connectivity index is 1.45. The third-order valence-corrected chi connectivity index (χ3v) is 6.11. The number of imide groups is 1. The molecule has 1 aliphatic heterocycles. The Kier molecular flexibility index (Phi) is 5.84. The number of benzene rings is 2. The number of anilines is 1. The predicted molar refractivity (Wildman–Crippen MR) is 114 cm³/mol. The number of rotatable bonds is 5. The molecule has 1 aliphatic carbocycles. The maximum absolute atomic E-state index is 13.0. The number of carbonyl (C=O) groups is 4. The van der Waals surface area contributed by atoms with Gasteiger partial charge in [-0.25, -0.2) is 4.79 Å². The summed E-state index contributed by atoms with van der Waals surface area (Å²) in [7, 11) is 1.32. The van der Waals surface area contributed by atoms with E-state index in [1.807, 2.05) is 0 Å². The molecule has 4 rings (SSSR count). The molecule has 1 fully saturated rings. The lowest BCUT2D eigenvalue weighted by Crippen LogP contribution is -2.41. The number of ether oxygens (including phenoxy) is 1. The highest BCUT2D eigenvalue weighted by Crippen LogP contribution is 2.34. The lowest BCUT2D eigenvalue weighted by molar-refractivity contribution is -0.122. The van der Waals surface area contributed by atoms with Gasteiger partial charge in [0, 0.05) is 18.2 Å². The van der Waals surface area contributed by atoms with E-state index >= 15 is 0 Å². The molecular formula is C24H24N2O5. The highest BCUT2D eigenvalue weighted by molar-refractivity contribution is 6.21. The van der Waals surface area contributed by atoms with Gasteiger partial charge in [0.15, 0.2) is 0 Å². The van der Waals surface area contributed by atoms with Crippen molar-refractivity contribution < 1.29 is 23.9 Å². The van der Waals surface area contributed by atoms with E-state index in [0.29, 0.717) is 28.8 Å². The second-order valence-corrected chi connectivity index (χ2v) is 7.98. The summed E-state index contributed by atoms with van der Waals surface area (Å²) in [5.41, 5.74) is 1.84. The molecule has 2 aromatic carbocycles. The van der Waals surface area contributed by atoms with E-state index in [1.165, 1.54) is 12.0 Å². The molecule has 2 unspecified atom stereocenters.